The molecule has 2 heterocycles. The normalized spacial score (nSPS) is 12.1. The summed E-state index contributed by atoms with van der Waals surface area (Å²) in [5.74, 6) is 0.798. The van der Waals surface area contributed by atoms with E-state index in [-0.39, 0.29) is 11.9 Å². The standard InChI is InChI=1S/C22H22FN5S/c1-13-9-16(23)11-17(10-13)26-22-27-20-15(12-24)5-3-6-18(20)21(28-22)25-14(2)19-7-4-8-29-19/h3-11,14H,12,24H2,1-2H3,(H2,25,26,27,28)/t14-/m1/s1. The van der Waals surface area contributed by atoms with Crippen LogP contribution >= 0.6 is 11.3 Å². The number of aryl methyl sites for hydroxylation is 1. The molecule has 0 unspecified atom stereocenters. The number of rotatable bonds is 6. The van der Waals surface area contributed by atoms with Crippen molar-refractivity contribution in [1.82, 2.24) is 9.97 Å². The third-order valence-corrected chi connectivity index (χ3v) is 5.71. The van der Waals surface area contributed by atoms with Gasteiger partial charge in [-0.25, -0.2) is 9.37 Å². The molecule has 2 aromatic heterocycles. The summed E-state index contributed by atoms with van der Waals surface area (Å²) < 4.78 is 13.8. The van der Waals surface area contributed by atoms with Crippen LogP contribution in [0.15, 0.2) is 53.9 Å². The highest BCUT2D eigenvalue weighted by Gasteiger charge is 2.14. The van der Waals surface area contributed by atoms with Crippen LogP contribution in [0.4, 0.5) is 21.8 Å². The SMILES string of the molecule is Cc1cc(F)cc(Nc2nc(N[C@H](C)c3cccs3)c3cccc(CN)c3n2)c1. The van der Waals surface area contributed by atoms with Crippen molar-refractivity contribution in [2.24, 2.45) is 5.73 Å². The number of hydrogen-bond acceptors (Lipinski definition) is 6. The van der Waals surface area contributed by atoms with Crippen molar-refractivity contribution in [3.05, 3.63) is 75.7 Å². The lowest BCUT2D eigenvalue weighted by molar-refractivity contribution is 0.627. The van der Waals surface area contributed by atoms with E-state index in [2.05, 4.69) is 39.0 Å². The van der Waals surface area contributed by atoms with Gasteiger partial charge < -0.3 is 16.4 Å². The first kappa shape index (κ1) is 19.3. The van der Waals surface area contributed by atoms with Crippen LogP contribution in [0, 0.1) is 12.7 Å². The maximum Gasteiger partial charge on any atom is 0.229 e. The first-order chi connectivity index (χ1) is 14.0. The van der Waals surface area contributed by atoms with Gasteiger partial charge in [-0.15, -0.1) is 11.3 Å². The van der Waals surface area contributed by atoms with E-state index in [1.54, 1.807) is 11.3 Å². The van der Waals surface area contributed by atoms with Crippen LogP contribution in [0.3, 0.4) is 0 Å². The molecule has 0 fully saturated rings. The van der Waals surface area contributed by atoms with Gasteiger partial charge in [0.25, 0.3) is 0 Å². The van der Waals surface area contributed by atoms with Gasteiger partial charge in [0.15, 0.2) is 0 Å². The number of para-hydroxylation sites is 1. The Kier molecular flexibility index (Phi) is 5.42. The van der Waals surface area contributed by atoms with Crippen molar-refractivity contribution in [3.8, 4) is 0 Å². The molecular weight excluding hydrogens is 385 g/mol. The molecule has 0 aliphatic rings. The molecular formula is C22H22FN5S. The van der Waals surface area contributed by atoms with Crippen molar-refractivity contribution in [2.75, 3.05) is 10.6 Å². The summed E-state index contributed by atoms with van der Waals surface area (Å²) >= 11 is 1.69. The van der Waals surface area contributed by atoms with Crippen molar-refractivity contribution in [2.45, 2.75) is 26.4 Å². The fourth-order valence-corrected chi connectivity index (χ4v) is 4.03. The maximum atomic E-state index is 13.8. The van der Waals surface area contributed by atoms with Crippen molar-refractivity contribution < 1.29 is 4.39 Å². The highest BCUT2D eigenvalue weighted by atomic mass is 32.1. The highest BCUT2D eigenvalue weighted by molar-refractivity contribution is 7.10. The van der Waals surface area contributed by atoms with E-state index < -0.39 is 0 Å². The van der Waals surface area contributed by atoms with Crippen LogP contribution in [-0.4, -0.2) is 9.97 Å². The monoisotopic (exact) mass is 407 g/mol. The Morgan fingerprint density at radius 2 is 2.00 bits per heavy atom. The number of nitrogens with zero attached hydrogens (tertiary/aromatic N) is 2. The summed E-state index contributed by atoms with van der Waals surface area (Å²) in [5, 5.41) is 9.58. The van der Waals surface area contributed by atoms with E-state index in [4.69, 9.17) is 5.73 Å². The molecule has 7 heteroatoms. The number of fused-ring (bicyclic) bond motifs is 1. The van der Waals surface area contributed by atoms with Crippen molar-refractivity contribution in [1.29, 1.82) is 0 Å². The Balaban J connectivity index is 1.78. The van der Waals surface area contributed by atoms with Gasteiger partial charge in [0.05, 0.1) is 11.6 Å². The molecule has 29 heavy (non-hydrogen) atoms. The largest absolute Gasteiger partial charge is 0.362 e. The molecule has 5 nitrogen and oxygen atoms in total. The summed E-state index contributed by atoms with van der Waals surface area (Å²) in [7, 11) is 0. The van der Waals surface area contributed by atoms with Crippen LogP contribution in [0.5, 0.6) is 0 Å². The average molecular weight is 408 g/mol. The smallest absolute Gasteiger partial charge is 0.229 e. The lowest BCUT2D eigenvalue weighted by Crippen LogP contribution is -2.10. The topological polar surface area (TPSA) is 75.9 Å². The second-order valence-corrected chi connectivity index (χ2v) is 7.92. The fourth-order valence-electron chi connectivity index (χ4n) is 3.29. The molecule has 4 N–H and O–H groups in total. The number of anilines is 3. The van der Waals surface area contributed by atoms with Gasteiger partial charge in [-0.3, -0.25) is 0 Å². The number of nitrogens with two attached hydrogens (primary N) is 1. The molecule has 0 saturated carbocycles. The number of thiophene rings is 1. The van der Waals surface area contributed by atoms with Crippen LogP contribution in [0.25, 0.3) is 10.9 Å². The van der Waals surface area contributed by atoms with E-state index in [0.29, 0.717) is 24.0 Å². The number of halogens is 1. The Labute approximate surface area is 172 Å². The summed E-state index contributed by atoms with van der Waals surface area (Å²) in [6, 6.07) is 14.9. The van der Waals surface area contributed by atoms with Crippen molar-refractivity contribution >= 4 is 39.7 Å². The molecule has 0 bridgehead atoms. The number of hydrogen-bond donors (Lipinski definition) is 3. The fraction of sp³-hybridized carbons (Fsp3) is 0.182. The Morgan fingerprint density at radius 1 is 1.14 bits per heavy atom. The van der Waals surface area contributed by atoms with Gasteiger partial charge >= 0.3 is 0 Å². The number of benzene rings is 2. The molecule has 148 valence electrons. The van der Waals surface area contributed by atoms with E-state index >= 15 is 0 Å². The third-order valence-electron chi connectivity index (χ3n) is 4.65. The summed E-state index contributed by atoms with van der Waals surface area (Å²) in [4.78, 5) is 10.6. The van der Waals surface area contributed by atoms with E-state index in [1.165, 1.54) is 17.0 Å². The summed E-state index contributed by atoms with van der Waals surface area (Å²) in [6.45, 7) is 4.31. The zero-order valence-electron chi connectivity index (χ0n) is 16.2. The minimum absolute atomic E-state index is 0.0823. The van der Waals surface area contributed by atoms with Gasteiger partial charge in [0.2, 0.25) is 5.95 Å². The van der Waals surface area contributed by atoms with Gasteiger partial charge in [-0.05, 0) is 60.7 Å². The lowest BCUT2D eigenvalue weighted by atomic mass is 10.1. The summed E-state index contributed by atoms with van der Waals surface area (Å²) in [5.41, 5.74) is 9.06. The van der Waals surface area contributed by atoms with Gasteiger partial charge in [0.1, 0.15) is 11.6 Å². The predicted molar refractivity (Wildman–Crippen MR) is 118 cm³/mol. The Bertz CT molecular complexity index is 1120. The molecule has 0 spiro atoms. The summed E-state index contributed by atoms with van der Waals surface area (Å²) in [6.07, 6.45) is 0. The number of aromatic nitrogens is 2. The van der Waals surface area contributed by atoms with Crippen molar-refractivity contribution in [3.63, 3.8) is 0 Å². The van der Waals surface area contributed by atoms with E-state index in [0.717, 1.165) is 22.0 Å². The lowest BCUT2D eigenvalue weighted by Gasteiger charge is -2.17. The van der Waals surface area contributed by atoms with Gasteiger partial charge in [0, 0.05) is 22.5 Å². The Morgan fingerprint density at radius 3 is 2.72 bits per heavy atom. The van der Waals surface area contributed by atoms with Crippen LogP contribution in [-0.2, 0) is 6.54 Å². The minimum atomic E-state index is -0.305. The molecule has 4 rings (SSSR count). The van der Waals surface area contributed by atoms with Gasteiger partial charge in [-0.1, -0.05) is 18.2 Å². The zero-order valence-corrected chi connectivity index (χ0v) is 17.1. The quantitative estimate of drug-likeness (QED) is 0.393. The first-order valence-corrected chi connectivity index (χ1v) is 10.3. The van der Waals surface area contributed by atoms with Crippen LogP contribution in [0.2, 0.25) is 0 Å². The minimum Gasteiger partial charge on any atom is -0.362 e. The van der Waals surface area contributed by atoms with E-state index in [9.17, 15) is 4.39 Å². The van der Waals surface area contributed by atoms with Crippen LogP contribution < -0.4 is 16.4 Å². The second-order valence-electron chi connectivity index (χ2n) is 6.94. The van der Waals surface area contributed by atoms with Gasteiger partial charge in [-0.2, -0.15) is 4.98 Å². The molecule has 2 aromatic carbocycles. The third kappa shape index (κ3) is 4.21. The zero-order chi connectivity index (χ0) is 20.4. The molecule has 0 aliphatic heterocycles. The molecule has 0 aliphatic carbocycles. The molecule has 4 aromatic rings. The highest BCUT2D eigenvalue weighted by Crippen LogP contribution is 2.30. The Hall–Kier alpha value is -3.03. The van der Waals surface area contributed by atoms with E-state index in [1.807, 2.05) is 37.3 Å². The number of nitrogens with one attached hydrogen (secondary N) is 2. The molecule has 0 radical (unpaired) electrons. The maximum absolute atomic E-state index is 13.8. The second kappa shape index (κ2) is 8.14. The molecule has 0 amide bonds. The average Bonchev–Trinajstić information content (AvgIpc) is 3.22. The molecule has 1 atom stereocenters. The van der Waals surface area contributed by atoms with Crippen LogP contribution in [0.1, 0.15) is 29.0 Å². The molecule has 0 saturated heterocycles. The predicted octanol–water partition coefficient (Wildman–Crippen LogP) is 5.51. The first-order valence-electron chi connectivity index (χ1n) is 9.37.